The second kappa shape index (κ2) is 5.61. The summed E-state index contributed by atoms with van der Waals surface area (Å²) in [6.07, 6.45) is 1.50. The fraction of sp³-hybridized carbons (Fsp3) is 0. The number of cyclic esters (lactones) is 1. The fourth-order valence-electron chi connectivity index (χ4n) is 1.91. The van der Waals surface area contributed by atoms with Gasteiger partial charge in [-0.25, -0.2) is 14.2 Å². The van der Waals surface area contributed by atoms with Crippen LogP contribution in [0.4, 0.5) is 4.39 Å². The Morgan fingerprint density at radius 2 is 1.95 bits per heavy atom. The highest BCUT2D eigenvalue weighted by Crippen LogP contribution is 2.23. The van der Waals surface area contributed by atoms with Crippen molar-refractivity contribution >= 4 is 33.9 Å². The highest BCUT2D eigenvalue weighted by molar-refractivity contribution is 9.10. The molecule has 0 N–H and O–H groups in total. The lowest BCUT2D eigenvalue weighted by Crippen LogP contribution is -2.05. The number of hydrogen-bond donors (Lipinski definition) is 0. The predicted molar refractivity (Wildman–Crippen MR) is 81.1 cm³/mol. The van der Waals surface area contributed by atoms with Crippen LogP contribution >= 0.6 is 15.9 Å². The first kappa shape index (κ1) is 13.7. The number of hydrogen-bond acceptors (Lipinski definition) is 3. The number of nitrogens with zero attached hydrogens (tertiary/aromatic N) is 1. The van der Waals surface area contributed by atoms with E-state index in [1.165, 1.54) is 18.2 Å². The molecule has 104 valence electrons. The topological polar surface area (TPSA) is 38.7 Å². The number of benzene rings is 2. The van der Waals surface area contributed by atoms with Crippen LogP contribution in [0.1, 0.15) is 11.1 Å². The molecule has 2 aromatic rings. The molecule has 2 aromatic carbocycles. The molecule has 0 bridgehead atoms. The number of ether oxygens (including phenoxy) is 1. The molecule has 1 heterocycles. The van der Waals surface area contributed by atoms with Crippen LogP contribution in [0.15, 0.2) is 63.7 Å². The molecule has 0 spiro atoms. The third-order valence-electron chi connectivity index (χ3n) is 2.88. The van der Waals surface area contributed by atoms with Crippen molar-refractivity contribution < 1.29 is 13.9 Å². The lowest BCUT2D eigenvalue weighted by molar-refractivity contribution is -0.129. The summed E-state index contributed by atoms with van der Waals surface area (Å²) >= 11 is 3.38. The Balaban J connectivity index is 1.98. The van der Waals surface area contributed by atoms with E-state index in [2.05, 4.69) is 20.9 Å². The molecule has 0 saturated heterocycles. The molecule has 0 unspecified atom stereocenters. The Labute approximate surface area is 128 Å². The molecule has 3 nitrogen and oxygen atoms in total. The minimum Gasteiger partial charge on any atom is -0.402 e. The van der Waals surface area contributed by atoms with E-state index < -0.39 is 5.97 Å². The zero-order chi connectivity index (χ0) is 14.8. The molecule has 0 atom stereocenters. The molecule has 1 aliphatic rings. The van der Waals surface area contributed by atoms with Crippen LogP contribution in [0.5, 0.6) is 0 Å². The van der Waals surface area contributed by atoms with Crippen LogP contribution in [0.25, 0.3) is 6.08 Å². The Kier molecular flexibility index (Phi) is 3.66. The molecule has 0 radical (unpaired) electrons. The molecule has 3 rings (SSSR count). The summed E-state index contributed by atoms with van der Waals surface area (Å²) in [5, 5.41) is 0. The molecule has 0 fully saturated rings. The van der Waals surface area contributed by atoms with E-state index in [-0.39, 0.29) is 17.4 Å². The van der Waals surface area contributed by atoms with Crippen molar-refractivity contribution in [3.8, 4) is 0 Å². The summed E-state index contributed by atoms with van der Waals surface area (Å²) in [4.78, 5) is 16.0. The number of rotatable bonds is 2. The minimum absolute atomic E-state index is 0.145. The second-order valence-electron chi connectivity index (χ2n) is 4.37. The lowest BCUT2D eigenvalue weighted by atomic mass is 10.2. The maximum Gasteiger partial charge on any atom is 0.363 e. The summed E-state index contributed by atoms with van der Waals surface area (Å²) in [6, 6.07) is 13.2. The van der Waals surface area contributed by atoms with Gasteiger partial charge in [0.1, 0.15) is 5.82 Å². The monoisotopic (exact) mass is 345 g/mol. The Morgan fingerprint density at radius 3 is 2.71 bits per heavy atom. The summed E-state index contributed by atoms with van der Waals surface area (Å²) in [6.45, 7) is 0. The van der Waals surface area contributed by atoms with E-state index in [0.717, 1.165) is 4.47 Å². The first-order chi connectivity index (χ1) is 10.1. The molecule has 0 amide bonds. The molecule has 0 aromatic heterocycles. The summed E-state index contributed by atoms with van der Waals surface area (Å²) in [5.74, 6) is -0.689. The largest absolute Gasteiger partial charge is 0.402 e. The van der Waals surface area contributed by atoms with Crippen LogP contribution in [-0.2, 0) is 9.53 Å². The molecule has 1 aliphatic heterocycles. The van der Waals surface area contributed by atoms with Gasteiger partial charge >= 0.3 is 5.97 Å². The van der Waals surface area contributed by atoms with Crippen molar-refractivity contribution in [1.82, 2.24) is 0 Å². The van der Waals surface area contributed by atoms with Gasteiger partial charge in [0.25, 0.3) is 0 Å². The van der Waals surface area contributed by atoms with Crippen LogP contribution in [0, 0.1) is 5.82 Å². The lowest BCUT2D eigenvalue weighted by Gasteiger charge is -2.01. The van der Waals surface area contributed by atoms with Gasteiger partial charge < -0.3 is 4.74 Å². The zero-order valence-corrected chi connectivity index (χ0v) is 12.3. The van der Waals surface area contributed by atoms with Crippen molar-refractivity contribution in [2.45, 2.75) is 0 Å². The van der Waals surface area contributed by atoms with Gasteiger partial charge in [-0.05, 0) is 51.8 Å². The van der Waals surface area contributed by atoms with Gasteiger partial charge in [-0.2, -0.15) is 0 Å². The van der Waals surface area contributed by atoms with Gasteiger partial charge in [0.15, 0.2) is 5.70 Å². The van der Waals surface area contributed by atoms with Gasteiger partial charge in [-0.3, -0.25) is 0 Å². The van der Waals surface area contributed by atoms with E-state index >= 15 is 0 Å². The number of carbonyl (C=O) groups excluding carboxylic acids is 1. The number of carbonyl (C=O) groups is 1. The fourth-order valence-corrected chi connectivity index (χ4v) is 2.37. The summed E-state index contributed by atoms with van der Waals surface area (Å²) in [7, 11) is 0. The molecular weight excluding hydrogens is 337 g/mol. The van der Waals surface area contributed by atoms with E-state index in [1.54, 1.807) is 18.2 Å². The first-order valence-corrected chi connectivity index (χ1v) is 6.96. The quantitative estimate of drug-likeness (QED) is 0.610. The molecular formula is C16H9BrFNO2. The maximum atomic E-state index is 13.1. The minimum atomic E-state index is -0.551. The standard InChI is InChI=1S/C16H9BrFNO2/c17-13-7-2-1-6-12(13)15-19-14(16(20)21-15)9-10-4-3-5-11(18)8-10/h1-9H/b14-9+. The van der Waals surface area contributed by atoms with E-state index in [9.17, 15) is 9.18 Å². The van der Waals surface area contributed by atoms with Gasteiger partial charge in [0.05, 0.1) is 5.56 Å². The van der Waals surface area contributed by atoms with Gasteiger partial charge in [0, 0.05) is 4.47 Å². The summed E-state index contributed by atoms with van der Waals surface area (Å²) in [5.41, 5.74) is 1.39. The highest BCUT2D eigenvalue weighted by Gasteiger charge is 2.25. The van der Waals surface area contributed by atoms with E-state index in [0.29, 0.717) is 11.1 Å². The van der Waals surface area contributed by atoms with Crippen molar-refractivity contribution in [1.29, 1.82) is 0 Å². The first-order valence-electron chi connectivity index (χ1n) is 6.16. The van der Waals surface area contributed by atoms with Crippen molar-refractivity contribution in [3.63, 3.8) is 0 Å². The predicted octanol–water partition coefficient (Wildman–Crippen LogP) is 3.93. The third-order valence-corrected chi connectivity index (χ3v) is 3.57. The second-order valence-corrected chi connectivity index (χ2v) is 5.23. The molecule has 5 heteroatoms. The third kappa shape index (κ3) is 2.92. The van der Waals surface area contributed by atoms with Gasteiger partial charge in [-0.1, -0.05) is 24.3 Å². The van der Waals surface area contributed by atoms with Crippen LogP contribution in [-0.4, -0.2) is 11.9 Å². The van der Waals surface area contributed by atoms with Crippen LogP contribution in [0.3, 0.4) is 0 Å². The van der Waals surface area contributed by atoms with Crippen molar-refractivity contribution in [3.05, 3.63) is 75.6 Å². The van der Waals surface area contributed by atoms with Gasteiger partial charge in [0.2, 0.25) is 5.90 Å². The number of esters is 1. The summed E-state index contributed by atoms with van der Waals surface area (Å²) < 4.78 is 19.1. The zero-order valence-electron chi connectivity index (χ0n) is 10.7. The Morgan fingerprint density at radius 1 is 1.14 bits per heavy atom. The molecule has 0 aliphatic carbocycles. The van der Waals surface area contributed by atoms with Crippen LogP contribution < -0.4 is 0 Å². The maximum absolute atomic E-state index is 13.1. The Bertz CT molecular complexity index is 783. The average Bonchev–Trinajstić information content (AvgIpc) is 2.80. The van der Waals surface area contributed by atoms with E-state index in [1.807, 2.05) is 18.2 Å². The van der Waals surface area contributed by atoms with Crippen LogP contribution in [0.2, 0.25) is 0 Å². The normalized spacial score (nSPS) is 16.0. The van der Waals surface area contributed by atoms with Crippen molar-refractivity contribution in [2.24, 2.45) is 4.99 Å². The SMILES string of the molecule is O=C1OC(c2ccccc2Br)=N/C1=C/c1cccc(F)c1. The highest BCUT2D eigenvalue weighted by atomic mass is 79.9. The van der Waals surface area contributed by atoms with Crippen molar-refractivity contribution in [2.75, 3.05) is 0 Å². The smallest absolute Gasteiger partial charge is 0.363 e. The molecule has 0 saturated carbocycles. The number of halogens is 2. The average molecular weight is 346 g/mol. The Hall–Kier alpha value is -2.27. The van der Waals surface area contributed by atoms with Gasteiger partial charge in [-0.15, -0.1) is 0 Å². The molecule has 21 heavy (non-hydrogen) atoms. The van der Waals surface area contributed by atoms with E-state index in [4.69, 9.17) is 4.74 Å². The number of aliphatic imine (C=N–C) groups is 1.